The highest BCUT2D eigenvalue weighted by atomic mass is 35.5. The average molecular weight is 172 g/mol. The summed E-state index contributed by atoms with van der Waals surface area (Å²) in [5.41, 5.74) is -0.0903. The molecule has 1 aromatic rings. The molecule has 0 saturated carbocycles. The molecule has 4 heteroatoms. The number of isocyanates is 1. The fraction of sp³-hybridized carbons (Fsp3) is 0. The maximum Gasteiger partial charge on any atom is 0.240 e. The van der Waals surface area contributed by atoms with Gasteiger partial charge in [-0.15, -0.1) is 0 Å². The maximum absolute atomic E-state index is 12.6. The van der Waals surface area contributed by atoms with Gasteiger partial charge in [-0.1, -0.05) is 11.6 Å². The van der Waals surface area contributed by atoms with E-state index in [0.717, 1.165) is 6.07 Å². The molecule has 2 nitrogen and oxygen atoms in total. The summed E-state index contributed by atoms with van der Waals surface area (Å²) in [5, 5.41) is 0.334. The summed E-state index contributed by atoms with van der Waals surface area (Å²) in [4.78, 5) is 12.8. The summed E-state index contributed by atoms with van der Waals surface area (Å²) in [5.74, 6) is -0.585. The quantitative estimate of drug-likeness (QED) is 0.471. The van der Waals surface area contributed by atoms with Gasteiger partial charge in [-0.05, 0) is 18.2 Å². The monoisotopic (exact) mass is 171 g/mol. The Kier molecular flexibility index (Phi) is 2.36. The van der Waals surface area contributed by atoms with Gasteiger partial charge in [0.05, 0.1) is 0 Å². The lowest BCUT2D eigenvalue weighted by Crippen LogP contribution is -1.74. The lowest BCUT2D eigenvalue weighted by Gasteiger charge is -1.92. The number of benzene rings is 1. The highest BCUT2D eigenvalue weighted by Crippen LogP contribution is 2.21. The van der Waals surface area contributed by atoms with Crippen LogP contribution in [0.2, 0.25) is 5.02 Å². The Hall–Kier alpha value is -1.18. The predicted octanol–water partition coefficient (Wildman–Crippen LogP) is 2.45. The normalized spacial score (nSPS) is 8.91. The lowest BCUT2D eigenvalue weighted by atomic mass is 10.3. The second kappa shape index (κ2) is 3.28. The zero-order chi connectivity index (χ0) is 8.27. The summed E-state index contributed by atoms with van der Waals surface area (Å²) in [6.07, 6.45) is 1.23. The van der Waals surface area contributed by atoms with Gasteiger partial charge < -0.3 is 0 Å². The molecule has 0 saturated heterocycles. The second-order valence-electron chi connectivity index (χ2n) is 1.80. The topological polar surface area (TPSA) is 29.4 Å². The van der Waals surface area contributed by atoms with Crippen LogP contribution in [0, 0.1) is 5.82 Å². The first kappa shape index (κ1) is 7.92. The van der Waals surface area contributed by atoms with Gasteiger partial charge in [0.15, 0.2) is 0 Å². The van der Waals surface area contributed by atoms with Crippen LogP contribution in [-0.2, 0) is 4.79 Å². The van der Waals surface area contributed by atoms with Gasteiger partial charge >= 0.3 is 0 Å². The van der Waals surface area contributed by atoms with Gasteiger partial charge in [-0.3, -0.25) is 0 Å². The third-order valence-electron chi connectivity index (χ3n) is 1.07. The highest BCUT2D eigenvalue weighted by Gasteiger charge is 1.99. The van der Waals surface area contributed by atoms with Crippen LogP contribution in [0.25, 0.3) is 0 Å². The third-order valence-corrected chi connectivity index (χ3v) is 1.31. The van der Waals surface area contributed by atoms with Crippen LogP contribution in [-0.4, -0.2) is 6.08 Å². The van der Waals surface area contributed by atoms with E-state index in [0.29, 0.717) is 5.02 Å². The molecule has 0 spiro atoms. The third kappa shape index (κ3) is 1.87. The smallest absolute Gasteiger partial charge is 0.211 e. The Morgan fingerprint density at radius 3 is 2.91 bits per heavy atom. The van der Waals surface area contributed by atoms with Crippen LogP contribution in [0.5, 0.6) is 0 Å². The minimum Gasteiger partial charge on any atom is -0.211 e. The van der Waals surface area contributed by atoms with Crippen LogP contribution in [0.1, 0.15) is 0 Å². The van der Waals surface area contributed by atoms with Crippen LogP contribution in [0.3, 0.4) is 0 Å². The molecule has 0 fully saturated rings. The largest absolute Gasteiger partial charge is 0.240 e. The van der Waals surface area contributed by atoms with Crippen molar-refractivity contribution in [2.24, 2.45) is 4.99 Å². The van der Waals surface area contributed by atoms with Crippen LogP contribution in [0.4, 0.5) is 10.1 Å². The number of hydrogen-bond acceptors (Lipinski definition) is 2. The first-order valence-electron chi connectivity index (χ1n) is 2.77. The molecule has 0 bridgehead atoms. The van der Waals surface area contributed by atoms with Gasteiger partial charge in [-0.25, -0.2) is 9.18 Å². The second-order valence-corrected chi connectivity index (χ2v) is 2.24. The fourth-order valence-corrected chi connectivity index (χ4v) is 0.787. The van der Waals surface area contributed by atoms with E-state index in [1.54, 1.807) is 0 Å². The molecule has 0 aromatic heterocycles. The molecule has 1 rings (SSSR count). The highest BCUT2D eigenvalue weighted by molar-refractivity contribution is 6.30. The van der Waals surface area contributed by atoms with Crippen molar-refractivity contribution in [3.05, 3.63) is 29.0 Å². The van der Waals surface area contributed by atoms with E-state index in [1.807, 2.05) is 0 Å². The average Bonchev–Trinajstić information content (AvgIpc) is 1.98. The molecule has 56 valence electrons. The Bertz CT molecular complexity index is 320. The molecule has 0 heterocycles. The minimum absolute atomic E-state index is 0.0903. The molecule has 0 aliphatic rings. The molecular weight excluding hydrogens is 169 g/mol. The molecule has 0 radical (unpaired) electrons. The fourth-order valence-electron chi connectivity index (χ4n) is 0.621. The summed E-state index contributed by atoms with van der Waals surface area (Å²) >= 11 is 5.50. The minimum atomic E-state index is -0.585. The van der Waals surface area contributed by atoms with Gasteiger partial charge in [0.1, 0.15) is 11.5 Å². The molecule has 0 N–H and O–H groups in total. The Balaban J connectivity index is 3.22. The zero-order valence-corrected chi connectivity index (χ0v) is 6.10. The number of aliphatic imine (C=N–C) groups is 1. The van der Waals surface area contributed by atoms with Gasteiger partial charge in [0.2, 0.25) is 6.08 Å². The van der Waals surface area contributed by atoms with Crippen molar-refractivity contribution in [1.29, 1.82) is 0 Å². The van der Waals surface area contributed by atoms with Crippen LogP contribution in [0.15, 0.2) is 23.2 Å². The van der Waals surface area contributed by atoms with Crippen molar-refractivity contribution in [3.63, 3.8) is 0 Å². The van der Waals surface area contributed by atoms with E-state index in [4.69, 9.17) is 11.6 Å². The summed E-state index contributed by atoms with van der Waals surface area (Å²) < 4.78 is 12.6. The summed E-state index contributed by atoms with van der Waals surface area (Å²) in [6, 6.07) is 3.76. The number of rotatable bonds is 1. The molecule has 0 unspecified atom stereocenters. The molecule has 1 aromatic carbocycles. The van der Waals surface area contributed by atoms with E-state index < -0.39 is 5.82 Å². The van der Waals surface area contributed by atoms with E-state index in [9.17, 15) is 9.18 Å². The van der Waals surface area contributed by atoms with E-state index in [1.165, 1.54) is 18.2 Å². The predicted molar refractivity (Wildman–Crippen MR) is 39.2 cm³/mol. The SMILES string of the molecule is O=C=Nc1cc(Cl)ccc1F. The molecule has 0 amide bonds. The van der Waals surface area contributed by atoms with Gasteiger partial charge in [-0.2, -0.15) is 4.99 Å². The first-order valence-corrected chi connectivity index (χ1v) is 3.15. The number of nitrogens with zero attached hydrogens (tertiary/aromatic N) is 1. The lowest BCUT2D eigenvalue weighted by molar-refractivity contribution is 0.564. The van der Waals surface area contributed by atoms with E-state index in [2.05, 4.69) is 4.99 Å². The van der Waals surface area contributed by atoms with Crippen molar-refractivity contribution in [2.75, 3.05) is 0 Å². The molecule has 0 aliphatic carbocycles. The van der Waals surface area contributed by atoms with Crippen LogP contribution >= 0.6 is 11.6 Å². The Morgan fingerprint density at radius 2 is 2.27 bits per heavy atom. The zero-order valence-electron chi connectivity index (χ0n) is 5.34. The Labute approximate surface area is 67.3 Å². The van der Waals surface area contributed by atoms with Crippen molar-refractivity contribution < 1.29 is 9.18 Å². The summed E-state index contributed by atoms with van der Waals surface area (Å²) in [6.45, 7) is 0. The standard InChI is InChI=1S/C7H3ClFNO/c8-5-1-2-6(9)7(3-5)10-4-11/h1-3H. The Morgan fingerprint density at radius 1 is 1.55 bits per heavy atom. The number of hydrogen-bond donors (Lipinski definition) is 0. The van der Waals surface area contributed by atoms with E-state index >= 15 is 0 Å². The van der Waals surface area contributed by atoms with Crippen molar-refractivity contribution in [2.45, 2.75) is 0 Å². The van der Waals surface area contributed by atoms with Crippen LogP contribution < -0.4 is 0 Å². The molecule has 11 heavy (non-hydrogen) atoms. The van der Waals surface area contributed by atoms with Crippen molar-refractivity contribution in [3.8, 4) is 0 Å². The van der Waals surface area contributed by atoms with Crippen molar-refractivity contribution in [1.82, 2.24) is 0 Å². The summed E-state index contributed by atoms with van der Waals surface area (Å²) in [7, 11) is 0. The molecular formula is C7H3ClFNO. The van der Waals surface area contributed by atoms with Gasteiger partial charge in [0, 0.05) is 5.02 Å². The molecule has 0 aliphatic heterocycles. The van der Waals surface area contributed by atoms with Crippen molar-refractivity contribution >= 4 is 23.4 Å². The molecule has 0 atom stereocenters. The number of carbonyl (C=O) groups excluding carboxylic acids is 1. The first-order chi connectivity index (χ1) is 5.24. The van der Waals surface area contributed by atoms with Gasteiger partial charge in [0.25, 0.3) is 0 Å². The maximum atomic E-state index is 12.6. The van der Waals surface area contributed by atoms with E-state index in [-0.39, 0.29) is 5.69 Å². The number of halogens is 2.